The zero-order valence-electron chi connectivity index (χ0n) is 14.5. The molecule has 0 unspecified atom stereocenters. The summed E-state index contributed by atoms with van der Waals surface area (Å²) in [6.45, 7) is 1.62. The Balaban J connectivity index is 2.57. The molecule has 0 amide bonds. The van der Waals surface area contributed by atoms with Gasteiger partial charge in [-0.15, -0.1) is 0 Å². The summed E-state index contributed by atoms with van der Waals surface area (Å²) in [5, 5.41) is 3.92. The second-order valence-corrected chi connectivity index (χ2v) is 6.72. The van der Waals surface area contributed by atoms with Gasteiger partial charge in [-0.05, 0) is 6.92 Å². The van der Waals surface area contributed by atoms with E-state index in [2.05, 4.69) is 9.82 Å². The summed E-state index contributed by atoms with van der Waals surface area (Å²) in [6.07, 6.45) is 1.23. The van der Waals surface area contributed by atoms with E-state index in [1.807, 2.05) is 0 Å². The van der Waals surface area contributed by atoms with Crippen LogP contribution in [0.4, 0.5) is 5.69 Å². The Morgan fingerprint density at radius 2 is 1.76 bits per heavy atom. The average molecular weight is 369 g/mol. The molecule has 10 heteroatoms. The molecule has 2 aromatic rings. The third-order valence-corrected chi connectivity index (χ3v) is 5.12. The zero-order valence-corrected chi connectivity index (χ0v) is 15.3. The second kappa shape index (κ2) is 7.01. The van der Waals surface area contributed by atoms with Crippen LogP contribution in [0, 0.1) is 6.92 Å². The third kappa shape index (κ3) is 3.53. The monoisotopic (exact) mass is 369 g/mol. The molecule has 136 valence electrons. The Kier molecular flexibility index (Phi) is 5.21. The lowest BCUT2D eigenvalue weighted by Crippen LogP contribution is -2.17. The van der Waals surface area contributed by atoms with Crippen molar-refractivity contribution in [3.8, 4) is 11.5 Å². The molecule has 0 aliphatic carbocycles. The van der Waals surface area contributed by atoms with E-state index >= 15 is 0 Å². The Morgan fingerprint density at radius 3 is 2.24 bits per heavy atom. The fraction of sp³-hybridized carbons (Fsp3) is 0.333. The van der Waals surface area contributed by atoms with Crippen molar-refractivity contribution in [3.63, 3.8) is 0 Å². The van der Waals surface area contributed by atoms with Gasteiger partial charge in [-0.3, -0.25) is 9.40 Å². The van der Waals surface area contributed by atoms with Gasteiger partial charge >= 0.3 is 5.97 Å². The molecule has 0 spiro atoms. The topological polar surface area (TPSA) is 109 Å². The minimum absolute atomic E-state index is 0.000556. The van der Waals surface area contributed by atoms with Gasteiger partial charge in [-0.25, -0.2) is 13.2 Å². The van der Waals surface area contributed by atoms with Crippen LogP contribution in [0.5, 0.6) is 11.5 Å². The number of nitrogens with zero attached hydrogens (tertiary/aromatic N) is 2. The van der Waals surface area contributed by atoms with E-state index in [9.17, 15) is 13.2 Å². The highest BCUT2D eigenvalue weighted by atomic mass is 32.2. The van der Waals surface area contributed by atoms with Crippen molar-refractivity contribution in [1.29, 1.82) is 0 Å². The smallest absolute Gasteiger partial charge is 0.340 e. The van der Waals surface area contributed by atoms with Gasteiger partial charge in [0.1, 0.15) is 4.90 Å². The largest absolute Gasteiger partial charge is 0.493 e. The van der Waals surface area contributed by atoms with E-state index in [0.717, 1.165) is 0 Å². The summed E-state index contributed by atoms with van der Waals surface area (Å²) in [7, 11) is 1.66. The van der Waals surface area contributed by atoms with Crippen molar-refractivity contribution >= 4 is 21.7 Å². The number of sulfonamides is 1. The molecule has 25 heavy (non-hydrogen) atoms. The van der Waals surface area contributed by atoms with Crippen LogP contribution in [-0.2, 0) is 21.8 Å². The van der Waals surface area contributed by atoms with Gasteiger partial charge < -0.3 is 14.2 Å². The van der Waals surface area contributed by atoms with Gasteiger partial charge in [-0.2, -0.15) is 5.10 Å². The molecule has 9 nitrogen and oxygen atoms in total. The summed E-state index contributed by atoms with van der Waals surface area (Å²) in [5.41, 5.74) is 0.450. The maximum absolute atomic E-state index is 12.7. The van der Waals surface area contributed by atoms with Crippen molar-refractivity contribution in [2.24, 2.45) is 7.05 Å². The van der Waals surface area contributed by atoms with Crippen molar-refractivity contribution in [3.05, 3.63) is 29.6 Å². The van der Waals surface area contributed by atoms with Gasteiger partial charge in [0, 0.05) is 19.2 Å². The zero-order chi connectivity index (χ0) is 18.8. The van der Waals surface area contributed by atoms with Crippen LogP contribution >= 0.6 is 0 Å². The number of ether oxygens (including phenoxy) is 3. The highest BCUT2D eigenvalue weighted by molar-refractivity contribution is 7.92. The van der Waals surface area contributed by atoms with Crippen LogP contribution < -0.4 is 14.2 Å². The Hall–Kier alpha value is -2.75. The summed E-state index contributed by atoms with van der Waals surface area (Å²) in [5.74, 6) is -0.194. The van der Waals surface area contributed by atoms with E-state index in [-0.39, 0.29) is 27.6 Å². The van der Waals surface area contributed by atoms with E-state index in [4.69, 9.17) is 14.2 Å². The van der Waals surface area contributed by atoms with Gasteiger partial charge in [-0.1, -0.05) is 0 Å². The number of carbonyl (C=O) groups is 1. The first-order valence-corrected chi connectivity index (χ1v) is 8.59. The fourth-order valence-corrected chi connectivity index (χ4v) is 3.46. The number of methoxy groups -OCH3 is 3. The normalized spacial score (nSPS) is 11.1. The molecular formula is C15H19N3O6S. The number of rotatable bonds is 6. The van der Waals surface area contributed by atoms with Crippen LogP contribution in [0.25, 0.3) is 0 Å². The number of carbonyl (C=O) groups excluding carboxylic acids is 1. The molecule has 1 N–H and O–H groups in total. The number of hydrogen-bond acceptors (Lipinski definition) is 7. The quantitative estimate of drug-likeness (QED) is 0.765. The molecule has 0 aliphatic rings. The Labute approximate surface area is 145 Å². The lowest BCUT2D eigenvalue weighted by molar-refractivity contribution is 0.0601. The molecule has 0 bridgehead atoms. The van der Waals surface area contributed by atoms with E-state index in [1.165, 1.54) is 44.3 Å². The highest BCUT2D eigenvalue weighted by Gasteiger charge is 2.25. The number of nitrogens with one attached hydrogen (secondary N) is 1. The average Bonchev–Trinajstić information content (AvgIpc) is 2.93. The third-order valence-electron chi connectivity index (χ3n) is 3.65. The molecule has 0 saturated carbocycles. The maximum Gasteiger partial charge on any atom is 0.340 e. The predicted molar refractivity (Wildman–Crippen MR) is 89.6 cm³/mol. The Morgan fingerprint density at radius 1 is 1.16 bits per heavy atom. The van der Waals surface area contributed by atoms with E-state index in [0.29, 0.717) is 5.69 Å². The number of hydrogen-bond donors (Lipinski definition) is 1. The molecule has 1 heterocycles. The molecule has 1 aromatic carbocycles. The molecule has 0 aliphatic heterocycles. The van der Waals surface area contributed by atoms with Crippen molar-refractivity contribution in [2.75, 3.05) is 26.1 Å². The first-order chi connectivity index (χ1) is 11.7. The second-order valence-electron chi connectivity index (χ2n) is 5.07. The van der Waals surface area contributed by atoms with Gasteiger partial charge in [0.15, 0.2) is 11.5 Å². The van der Waals surface area contributed by atoms with Crippen molar-refractivity contribution < 1.29 is 27.4 Å². The summed E-state index contributed by atoms with van der Waals surface area (Å²) >= 11 is 0. The molecular weight excluding hydrogens is 350 g/mol. The first-order valence-electron chi connectivity index (χ1n) is 7.11. The van der Waals surface area contributed by atoms with Crippen molar-refractivity contribution in [2.45, 2.75) is 11.8 Å². The first kappa shape index (κ1) is 18.6. The van der Waals surface area contributed by atoms with Crippen LogP contribution in [0.3, 0.4) is 0 Å². The Bertz CT molecular complexity index is 904. The molecule has 0 atom stereocenters. The summed E-state index contributed by atoms with van der Waals surface area (Å²) < 4.78 is 44.2. The van der Waals surface area contributed by atoms with Gasteiger partial charge in [0.05, 0.1) is 44.5 Å². The molecule has 0 fully saturated rings. The van der Waals surface area contributed by atoms with Gasteiger partial charge in [0.2, 0.25) is 0 Å². The lowest BCUT2D eigenvalue weighted by Gasteiger charge is -2.15. The maximum atomic E-state index is 12.7. The minimum atomic E-state index is -3.97. The number of esters is 1. The number of aromatic nitrogens is 2. The summed E-state index contributed by atoms with van der Waals surface area (Å²) in [4.78, 5) is 12.0. The molecule has 2 rings (SSSR count). The van der Waals surface area contributed by atoms with Crippen LogP contribution in [0.1, 0.15) is 16.1 Å². The minimum Gasteiger partial charge on any atom is -0.493 e. The van der Waals surface area contributed by atoms with Crippen LogP contribution in [0.15, 0.2) is 23.2 Å². The molecule has 0 saturated heterocycles. The predicted octanol–water partition coefficient (Wildman–Crippen LogP) is 1.33. The number of anilines is 1. The molecule has 1 aromatic heterocycles. The fourth-order valence-electron chi connectivity index (χ4n) is 2.18. The number of aryl methyl sites for hydroxylation is 1. The standard InChI is InChI=1S/C15H19N3O6S/c1-9-14(8-16-18(9)2)25(20,21)17-11-7-13(23-4)12(22-3)6-10(11)15(19)24-5/h6-8,17H,1-5H3. The SMILES string of the molecule is COC(=O)c1cc(OC)c(OC)cc1NS(=O)(=O)c1cnn(C)c1C. The highest BCUT2D eigenvalue weighted by Crippen LogP contribution is 2.35. The van der Waals surface area contributed by atoms with Crippen LogP contribution in [-0.4, -0.2) is 45.5 Å². The van der Waals surface area contributed by atoms with E-state index in [1.54, 1.807) is 14.0 Å². The van der Waals surface area contributed by atoms with Crippen molar-refractivity contribution in [1.82, 2.24) is 9.78 Å². The summed E-state index contributed by atoms with van der Waals surface area (Å²) in [6, 6.07) is 2.70. The van der Waals surface area contributed by atoms with E-state index < -0.39 is 16.0 Å². The molecule has 0 radical (unpaired) electrons. The van der Waals surface area contributed by atoms with Gasteiger partial charge in [0.25, 0.3) is 10.0 Å². The van der Waals surface area contributed by atoms with Crippen LogP contribution in [0.2, 0.25) is 0 Å². The lowest BCUT2D eigenvalue weighted by atomic mass is 10.1. The number of benzene rings is 1.